The summed E-state index contributed by atoms with van der Waals surface area (Å²) in [6.07, 6.45) is 3.54. The van der Waals surface area contributed by atoms with Crippen molar-refractivity contribution in [3.05, 3.63) is 69.3 Å². The first-order chi connectivity index (χ1) is 13.7. The van der Waals surface area contributed by atoms with E-state index in [1.165, 1.54) is 68.0 Å². The Bertz CT molecular complexity index is 965. The first-order valence-electron chi connectivity index (χ1n) is 10.3. The number of halogens is 2. The second kappa shape index (κ2) is 11.9. The maximum atomic E-state index is 11.8. The predicted molar refractivity (Wildman–Crippen MR) is 133 cm³/mol. The van der Waals surface area contributed by atoms with Gasteiger partial charge in [0.05, 0.1) is 10.2 Å². The van der Waals surface area contributed by atoms with Crippen molar-refractivity contribution in [2.75, 3.05) is 32.7 Å². The molecule has 30 heavy (non-hydrogen) atoms. The molecule has 0 unspecified atom stereocenters. The van der Waals surface area contributed by atoms with Gasteiger partial charge in [-0.2, -0.15) is 0 Å². The summed E-state index contributed by atoms with van der Waals surface area (Å²) in [6.45, 7) is 6.95. The highest BCUT2D eigenvalue weighted by Crippen LogP contribution is 2.19. The Hall–Kier alpha value is -1.37. The van der Waals surface area contributed by atoms with Crippen LogP contribution in [0, 0.1) is 0 Å². The molecule has 1 saturated heterocycles. The van der Waals surface area contributed by atoms with Crippen molar-refractivity contribution in [1.29, 1.82) is 0 Å². The molecule has 0 atom stereocenters. The molecule has 0 radical (unpaired) electrons. The fourth-order valence-electron chi connectivity index (χ4n) is 4.01. The molecule has 2 heterocycles. The molecule has 1 aromatic heterocycles. The Morgan fingerprint density at radius 2 is 1.57 bits per heavy atom. The van der Waals surface area contributed by atoms with Crippen molar-refractivity contribution < 1.29 is 0 Å². The molecule has 0 N–H and O–H groups in total. The third-order valence-corrected chi connectivity index (χ3v) is 6.76. The molecule has 0 bridgehead atoms. The van der Waals surface area contributed by atoms with Crippen LogP contribution in [0.25, 0.3) is 10.2 Å². The van der Waals surface area contributed by atoms with Crippen molar-refractivity contribution in [2.45, 2.75) is 25.8 Å². The minimum absolute atomic E-state index is 0. The van der Waals surface area contributed by atoms with Gasteiger partial charge >= 0.3 is 4.87 Å². The van der Waals surface area contributed by atoms with E-state index in [1.807, 2.05) is 7.05 Å². The van der Waals surface area contributed by atoms with E-state index in [4.69, 9.17) is 0 Å². The third kappa shape index (κ3) is 6.32. The zero-order valence-electron chi connectivity index (χ0n) is 17.5. The molecule has 0 aliphatic carbocycles. The highest BCUT2D eigenvalue weighted by molar-refractivity contribution is 7.16. The van der Waals surface area contributed by atoms with Gasteiger partial charge < -0.3 is 9.47 Å². The van der Waals surface area contributed by atoms with E-state index in [0.29, 0.717) is 0 Å². The summed E-state index contributed by atoms with van der Waals surface area (Å²) in [4.78, 5) is 17.1. The fourth-order valence-corrected chi connectivity index (χ4v) is 4.95. The maximum absolute atomic E-state index is 11.8. The average molecular weight is 468 g/mol. The number of unbranched alkanes of at least 4 members (excludes halogenated alkanes) is 1. The topological polar surface area (TPSA) is 28.5 Å². The number of nitrogens with zero attached hydrogens (tertiary/aromatic N) is 3. The van der Waals surface area contributed by atoms with Crippen LogP contribution in [0.3, 0.4) is 0 Å². The minimum atomic E-state index is 0. The van der Waals surface area contributed by atoms with Gasteiger partial charge in [-0.05, 0) is 49.1 Å². The van der Waals surface area contributed by atoms with Gasteiger partial charge in [-0.3, -0.25) is 9.69 Å². The van der Waals surface area contributed by atoms with Crippen molar-refractivity contribution in [2.24, 2.45) is 7.05 Å². The minimum Gasteiger partial charge on any atom is -0.302 e. The number of aromatic nitrogens is 1. The number of thiazole rings is 1. The predicted octanol–water partition coefficient (Wildman–Crippen LogP) is 4.58. The van der Waals surface area contributed by atoms with E-state index in [9.17, 15) is 4.79 Å². The fraction of sp³-hybridized carbons (Fsp3) is 0.435. The molecule has 7 heteroatoms. The molecular weight excluding hydrogens is 437 g/mol. The normalized spacial score (nSPS) is 15.0. The lowest BCUT2D eigenvalue weighted by molar-refractivity contribution is 0.125. The number of hydrogen-bond donors (Lipinski definition) is 0. The summed E-state index contributed by atoms with van der Waals surface area (Å²) in [7, 11) is 1.85. The molecule has 2 aromatic carbocycles. The lowest BCUT2D eigenvalue weighted by Crippen LogP contribution is -2.46. The summed E-state index contributed by atoms with van der Waals surface area (Å²) < 4.78 is 2.85. The molecule has 1 aliphatic rings. The van der Waals surface area contributed by atoms with E-state index in [2.05, 4.69) is 58.3 Å². The molecule has 1 aliphatic heterocycles. The van der Waals surface area contributed by atoms with E-state index < -0.39 is 0 Å². The van der Waals surface area contributed by atoms with Crippen molar-refractivity contribution in [3.63, 3.8) is 0 Å². The van der Waals surface area contributed by atoms with Crippen LogP contribution >= 0.6 is 36.2 Å². The number of hydrogen-bond acceptors (Lipinski definition) is 4. The monoisotopic (exact) mass is 467 g/mol. The van der Waals surface area contributed by atoms with Gasteiger partial charge in [0.1, 0.15) is 0 Å². The highest BCUT2D eigenvalue weighted by Gasteiger charge is 2.16. The number of aryl methyl sites for hydroxylation is 2. The molecule has 4 nitrogen and oxygen atoms in total. The first-order valence-corrected chi connectivity index (χ1v) is 11.1. The van der Waals surface area contributed by atoms with E-state index in [0.717, 1.165) is 23.2 Å². The SMILES string of the molecule is Cl.Cl.Cn1c(=O)sc2cc(CCCCN3CCN(Cc4ccccc4)CC3)ccc21. The zero-order chi connectivity index (χ0) is 19.3. The van der Waals surface area contributed by atoms with Crippen LogP contribution in [0.4, 0.5) is 0 Å². The Morgan fingerprint density at radius 3 is 2.30 bits per heavy atom. The number of rotatable bonds is 7. The highest BCUT2D eigenvalue weighted by atomic mass is 35.5. The van der Waals surface area contributed by atoms with E-state index >= 15 is 0 Å². The van der Waals surface area contributed by atoms with Gasteiger partial charge in [0, 0.05) is 39.8 Å². The average Bonchev–Trinajstić information content (AvgIpc) is 3.00. The number of piperazine rings is 1. The summed E-state index contributed by atoms with van der Waals surface area (Å²) >= 11 is 1.35. The van der Waals surface area contributed by atoms with Crippen LogP contribution in [0.2, 0.25) is 0 Å². The van der Waals surface area contributed by atoms with Crippen LogP contribution in [0.5, 0.6) is 0 Å². The van der Waals surface area contributed by atoms with Gasteiger partial charge in [-0.1, -0.05) is 47.7 Å². The summed E-state index contributed by atoms with van der Waals surface area (Å²) in [6, 6.07) is 17.2. The molecule has 0 spiro atoms. The van der Waals surface area contributed by atoms with Crippen molar-refractivity contribution in [3.8, 4) is 0 Å². The first kappa shape index (κ1) is 24.9. The van der Waals surface area contributed by atoms with Gasteiger partial charge in [0.15, 0.2) is 0 Å². The van der Waals surface area contributed by atoms with Crippen LogP contribution < -0.4 is 4.87 Å². The summed E-state index contributed by atoms with van der Waals surface area (Å²) in [5.41, 5.74) is 3.81. The second-order valence-corrected chi connectivity index (χ2v) is 8.78. The molecular formula is C23H31Cl2N3OS. The standard InChI is InChI=1S/C23H29N3OS.2ClH/c1-24-21-11-10-19(17-22(21)28-23(24)27)7-5-6-12-25-13-15-26(16-14-25)18-20-8-3-2-4-9-20;;/h2-4,8-11,17H,5-7,12-16,18H2,1H3;2*1H. The van der Waals surface area contributed by atoms with Crippen molar-refractivity contribution >= 4 is 46.4 Å². The molecule has 0 amide bonds. The number of benzene rings is 2. The Labute approximate surface area is 195 Å². The maximum Gasteiger partial charge on any atom is 0.307 e. The molecule has 3 aromatic rings. The van der Waals surface area contributed by atoms with Crippen LogP contribution in [-0.2, 0) is 20.0 Å². The van der Waals surface area contributed by atoms with Gasteiger partial charge in [0.25, 0.3) is 0 Å². The van der Waals surface area contributed by atoms with Crippen LogP contribution in [-0.4, -0.2) is 47.1 Å². The lowest BCUT2D eigenvalue weighted by atomic mass is 10.1. The van der Waals surface area contributed by atoms with Crippen LogP contribution in [0.1, 0.15) is 24.0 Å². The summed E-state index contributed by atoms with van der Waals surface area (Å²) in [5.74, 6) is 0. The van der Waals surface area contributed by atoms with Crippen molar-refractivity contribution in [1.82, 2.24) is 14.4 Å². The van der Waals surface area contributed by atoms with Gasteiger partial charge in [-0.25, -0.2) is 0 Å². The largest absolute Gasteiger partial charge is 0.307 e. The molecule has 1 fully saturated rings. The van der Waals surface area contributed by atoms with Gasteiger partial charge in [0.2, 0.25) is 0 Å². The molecule has 4 rings (SSSR count). The van der Waals surface area contributed by atoms with Gasteiger partial charge in [-0.15, -0.1) is 24.8 Å². The number of fused-ring (bicyclic) bond motifs is 1. The quantitative estimate of drug-likeness (QED) is 0.475. The summed E-state index contributed by atoms with van der Waals surface area (Å²) in [5, 5.41) is 0. The Morgan fingerprint density at radius 1 is 0.867 bits per heavy atom. The third-order valence-electron chi connectivity index (χ3n) is 5.76. The molecule has 164 valence electrons. The Kier molecular flexibility index (Phi) is 9.85. The Balaban J connectivity index is 0.00000160. The smallest absolute Gasteiger partial charge is 0.302 e. The second-order valence-electron chi connectivity index (χ2n) is 7.79. The van der Waals surface area contributed by atoms with E-state index in [1.54, 1.807) is 4.57 Å². The lowest BCUT2D eigenvalue weighted by Gasteiger charge is -2.34. The zero-order valence-corrected chi connectivity index (χ0v) is 19.9. The van der Waals surface area contributed by atoms with Crippen LogP contribution in [0.15, 0.2) is 53.3 Å². The van der Waals surface area contributed by atoms with E-state index in [-0.39, 0.29) is 29.7 Å². The molecule has 0 saturated carbocycles.